The monoisotopic (exact) mass is 736 g/mol. The molecule has 2 aromatic carbocycles. The molecule has 9 nitrogen and oxygen atoms in total. The molecule has 50 heavy (non-hydrogen) atoms. The zero-order valence-electron chi connectivity index (χ0n) is 28.7. The summed E-state index contributed by atoms with van der Waals surface area (Å²) in [6, 6.07) is 11.6. The first kappa shape index (κ1) is 35.2. The SMILES string of the molecule is CO[C@H]1/C=C/CCCS(=O)(NC(=O)CCc2scnc2C)=NC(=O)c2ccc3c(c2)N(C[C@@H]2CC[C@H]21)C[C@@]1(CCCc2cc(Cl)ccc21)CO3. The number of benzene rings is 2. The first-order valence-corrected chi connectivity index (χ1v) is 20.6. The molecule has 1 spiro atoms. The minimum absolute atomic E-state index is 0.0345. The highest BCUT2D eigenvalue weighted by Gasteiger charge is 2.44. The van der Waals surface area contributed by atoms with Gasteiger partial charge < -0.3 is 14.4 Å². The van der Waals surface area contributed by atoms with Crippen molar-refractivity contribution in [2.75, 3.05) is 37.5 Å². The van der Waals surface area contributed by atoms with E-state index in [-0.39, 0.29) is 23.7 Å². The number of hydrogen-bond donors (Lipinski definition) is 1. The van der Waals surface area contributed by atoms with Gasteiger partial charge in [0.1, 0.15) is 15.7 Å². The number of amides is 2. The standard InChI is InChI=1S/C38H45ClN4O5S2/c1-25-35(49-24-40-25)15-16-36(44)41-50(46)18-5-3-4-8-33(47-2)30-12-9-28(30)21-43-22-38(17-6-7-26-19-29(39)11-13-31(26)38)23-48-34-14-10-27(20-32(34)43)37(45)42-50/h4,8,10-11,13-14,19-20,24,28,30,33H,3,5-7,9,12,15-18,21-23H2,1-2H3,(H,41,42,44,45,46)/b8-4+/t28-,30+,33-,38-,50?/m0/s1. The van der Waals surface area contributed by atoms with Crippen LogP contribution in [0.15, 0.2) is 58.4 Å². The van der Waals surface area contributed by atoms with Gasteiger partial charge in [-0.05, 0) is 112 Å². The number of aromatic nitrogens is 1. The van der Waals surface area contributed by atoms with Crippen molar-refractivity contribution in [1.29, 1.82) is 0 Å². The Hall–Kier alpha value is -3.25. The molecule has 1 aromatic heterocycles. The Bertz CT molecular complexity index is 1920. The molecular formula is C38H45ClN4O5S2. The highest BCUT2D eigenvalue weighted by Crippen LogP contribution is 2.47. The van der Waals surface area contributed by atoms with Gasteiger partial charge in [0.25, 0.3) is 5.91 Å². The van der Waals surface area contributed by atoms with Crippen LogP contribution in [0.25, 0.3) is 0 Å². The summed E-state index contributed by atoms with van der Waals surface area (Å²) in [5.41, 5.74) is 6.09. The van der Waals surface area contributed by atoms with E-state index in [0.29, 0.717) is 49.0 Å². The normalized spacial score (nSPS) is 28.7. The van der Waals surface area contributed by atoms with Gasteiger partial charge >= 0.3 is 0 Å². The Morgan fingerprint density at radius 1 is 1.22 bits per heavy atom. The second-order valence-electron chi connectivity index (χ2n) is 14.2. The lowest BCUT2D eigenvalue weighted by atomic mass is 9.68. The molecule has 266 valence electrons. The van der Waals surface area contributed by atoms with E-state index < -0.39 is 21.7 Å². The molecular weight excluding hydrogens is 692 g/mol. The van der Waals surface area contributed by atoms with Crippen LogP contribution in [0.4, 0.5) is 5.69 Å². The van der Waals surface area contributed by atoms with Crippen LogP contribution in [0.3, 0.4) is 0 Å². The maximum atomic E-state index is 14.3. The van der Waals surface area contributed by atoms with E-state index in [1.807, 2.05) is 25.1 Å². The van der Waals surface area contributed by atoms with E-state index in [0.717, 1.165) is 66.5 Å². The molecule has 12 heteroatoms. The molecule has 3 heterocycles. The number of thiazole rings is 1. The van der Waals surface area contributed by atoms with Crippen molar-refractivity contribution in [3.63, 3.8) is 0 Å². The summed E-state index contributed by atoms with van der Waals surface area (Å²) in [6.07, 6.45) is 11.1. The molecule has 1 fully saturated rings. The summed E-state index contributed by atoms with van der Waals surface area (Å²) in [7, 11) is -1.63. The number of nitrogens with one attached hydrogen (secondary N) is 1. The maximum Gasteiger partial charge on any atom is 0.286 e. The summed E-state index contributed by atoms with van der Waals surface area (Å²) < 4.78 is 33.8. The van der Waals surface area contributed by atoms with Crippen molar-refractivity contribution in [2.45, 2.75) is 76.2 Å². The van der Waals surface area contributed by atoms with E-state index in [1.165, 1.54) is 22.5 Å². The molecule has 0 saturated heterocycles. The Morgan fingerprint density at radius 2 is 2.10 bits per heavy atom. The topological polar surface area (TPSA) is 110 Å². The van der Waals surface area contributed by atoms with E-state index in [2.05, 4.69) is 43.3 Å². The number of fused-ring (bicyclic) bond motifs is 4. The van der Waals surface area contributed by atoms with Gasteiger partial charge in [-0.15, -0.1) is 15.7 Å². The lowest BCUT2D eigenvalue weighted by Crippen LogP contribution is -2.49. The van der Waals surface area contributed by atoms with Gasteiger partial charge in [-0.1, -0.05) is 29.8 Å². The third-order valence-corrected chi connectivity index (χ3v) is 14.0. The average molecular weight is 737 g/mol. The highest BCUT2D eigenvalue weighted by molar-refractivity contribution is 7.92. The number of carbonyl (C=O) groups is 2. The van der Waals surface area contributed by atoms with Crippen LogP contribution in [0.5, 0.6) is 5.75 Å². The largest absolute Gasteiger partial charge is 0.490 e. The molecule has 2 amide bonds. The lowest BCUT2D eigenvalue weighted by Gasteiger charge is -2.46. The second kappa shape index (κ2) is 14.8. The molecule has 5 atom stereocenters. The fraction of sp³-hybridized carbons (Fsp3) is 0.500. The van der Waals surface area contributed by atoms with Gasteiger partial charge in [-0.2, -0.15) is 0 Å². The zero-order chi connectivity index (χ0) is 34.9. The van der Waals surface area contributed by atoms with E-state index in [4.69, 9.17) is 21.1 Å². The number of carbonyl (C=O) groups excluding carboxylic acids is 2. The molecule has 2 bridgehead atoms. The van der Waals surface area contributed by atoms with Crippen molar-refractivity contribution in [2.24, 2.45) is 16.2 Å². The summed E-state index contributed by atoms with van der Waals surface area (Å²) in [5.74, 6) is 0.519. The summed E-state index contributed by atoms with van der Waals surface area (Å²) >= 11 is 7.94. The van der Waals surface area contributed by atoms with Crippen LogP contribution in [0.1, 0.15) is 77.0 Å². The van der Waals surface area contributed by atoms with Crippen LogP contribution in [0, 0.1) is 18.8 Å². The Morgan fingerprint density at radius 3 is 2.88 bits per heavy atom. The molecule has 1 N–H and O–H groups in total. The molecule has 7 rings (SSSR count). The zero-order valence-corrected chi connectivity index (χ0v) is 31.1. The number of ether oxygens (including phenoxy) is 2. The van der Waals surface area contributed by atoms with Crippen LogP contribution < -0.4 is 14.4 Å². The molecule has 4 aliphatic rings. The quantitative estimate of drug-likeness (QED) is 0.275. The van der Waals surface area contributed by atoms with Gasteiger partial charge in [0.2, 0.25) is 5.91 Å². The van der Waals surface area contributed by atoms with Crippen molar-refractivity contribution >= 4 is 50.4 Å². The molecule has 2 aliphatic carbocycles. The first-order valence-electron chi connectivity index (χ1n) is 17.6. The van der Waals surface area contributed by atoms with Crippen molar-refractivity contribution < 1.29 is 23.3 Å². The second-order valence-corrected chi connectivity index (χ2v) is 17.6. The summed E-state index contributed by atoms with van der Waals surface area (Å²) in [5, 5.41) is 0.745. The molecule has 3 aromatic rings. The molecule has 1 saturated carbocycles. The number of methoxy groups -OCH3 is 1. The van der Waals surface area contributed by atoms with Gasteiger partial charge in [0.15, 0.2) is 0 Å². The Labute approximate surface area is 304 Å². The van der Waals surface area contributed by atoms with Gasteiger partial charge in [-0.25, -0.2) is 9.19 Å². The van der Waals surface area contributed by atoms with E-state index in [9.17, 15) is 13.8 Å². The van der Waals surface area contributed by atoms with Crippen LogP contribution in [-0.4, -0.2) is 59.7 Å². The predicted molar refractivity (Wildman–Crippen MR) is 199 cm³/mol. The number of aryl methyl sites for hydroxylation is 3. The first-order chi connectivity index (χ1) is 24.1. The smallest absolute Gasteiger partial charge is 0.286 e. The number of rotatable bonds is 5. The number of allylic oxidation sites excluding steroid dienone is 1. The Balaban J connectivity index is 1.24. The number of nitrogens with zero attached hydrogens (tertiary/aromatic N) is 3. The summed E-state index contributed by atoms with van der Waals surface area (Å²) in [6.45, 7) is 3.94. The lowest BCUT2D eigenvalue weighted by molar-refractivity contribution is -0.119. The fourth-order valence-corrected chi connectivity index (χ4v) is 10.7. The minimum Gasteiger partial charge on any atom is -0.490 e. The van der Waals surface area contributed by atoms with Crippen molar-refractivity contribution in [3.8, 4) is 5.75 Å². The highest BCUT2D eigenvalue weighted by atomic mass is 35.5. The fourth-order valence-electron chi connectivity index (χ4n) is 8.14. The van der Waals surface area contributed by atoms with E-state index >= 15 is 0 Å². The number of anilines is 1. The Kier molecular flexibility index (Phi) is 10.4. The summed E-state index contributed by atoms with van der Waals surface area (Å²) in [4.78, 5) is 34.6. The number of hydrogen-bond acceptors (Lipinski definition) is 8. The van der Waals surface area contributed by atoms with Gasteiger partial charge in [-0.3, -0.25) is 14.3 Å². The number of halogens is 1. The van der Waals surface area contributed by atoms with E-state index in [1.54, 1.807) is 18.7 Å². The third kappa shape index (κ3) is 7.38. The minimum atomic E-state index is -3.40. The van der Waals surface area contributed by atoms with Crippen LogP contribution >= 0.6 is 22.9 Å². The third-order valence-electron chi connectivity index (χ3n) is 11.0. The van der Waals surface area contributed by atoms with Gasteiger partial charge in [0.05, 0.1) is 35.4 Å². The average Bonchev–Trinajstić information content (AvgIpc) is 3.43. The van der Waals surface area contributed by atoms with Gasteiger partial charge in [0, 0.05) is 47.5 Å². The van der Waals surface area contributed by atoms with Crippen molar-refractivity contribution in [1.82, 2.24) is 9.71 Å². The molecule has 1 unspecified atom stereocenters. The molecule has 2 aliphatic heterocycles. The van der Waals surface area contributed by atoms with Crippen molar-refractivity contribution in [3.05, 3.63) is 86.3 Å². The molecule has 0 radical (unpaired) electrons. The maximum absolute atomic E-state index is 14.3. The van der Waals surface area contributed by atoms with Crippen LogP contribution in [0.2, 0.25) is 5.02 Å². The predicted octanol–water partition coefficient (Wildman–Crippen LogP) is 7.24. The van der Waals surface area contributed by atoms with Crippen LogP contribution in [-0.2, 0) is 37.7 Å².